The summed E-state index contributed by atoms with van der Waals surface area (Å²) in [7, 11) is -2.29. The first kappa shape index (κ1) is 20.2. The Morgan fingerprint density at radius 3 is 2.39 bits per heavy atom. The number of hydrogen-bond donors (Lipinski definition) is 1. The topological polar surface area (TPSA) is 118 Å². The molecule has 0 aliphatic rings. The second-order valence-electron chi connectivity index (χ2n) is 6.44. The molecule has 2 aromatic heterocycles. The van der Waals surface area contributed by atoms with Crippen LogP contribution in [0.4, 0.5) is 11.7 Å². The van der Waals surface area contributed by atoms with E-state index in [4.69, 9.17) is 4.42 Å². The number of anilines is 2. The van der Waals surface area contributed by atoms with Crippen molar-refractivity contribution >= 4 is 27.6 Å². The van der Waals surface area contributed by atoms with Crippen molar-refractivity contribution in [3.63, 3.8) is 0 Å². The number of aromatic nitrogens is 3. The van der Waals surface area contributed by atoms with Gasteiger partial charge in [0.15, 0.2) is 0 Å². The lowest BCUT2D eigenvalue weighted by Crippen LogP contribution is -2.26. The normalized spacial score (nSPS) is 11.1. The zero-order chi connectivity index (χ0) is 21.8. The molecule has 0 aliphatic heterocycles. The van der Waals surface area contributed by atoms with Gasteiger partial charge in [0.1, 0.15) is 0 Å². The quantitative estimate of drug-likeness (QED) is 0.494. The van der Waals surface area contributed by atoms with E-state index in [-0.39, 0.29) is 22.4 Å². The molecule has 0 atom stereocenters. The zero-order valence-electron chi connectivity index (χ0n) is 16.3. The number of hydrogen-bond acceptors (Lipinski definition) is 7. The van der Waals surface area contributed by atoms with Crippen LogP contribution in [0.3, 0.4) is 0 Å². The van der Waals surface area contributed by atoms with Gasteiger partial charge in [0.05, 0.1) is 16.1 Å². The van der Waals surface area contributed by atoms with E-state index in [0.29, 0.717) is 11.3 Å². The second-order valence-corrected chi connectivity index (χ2v) is 8.41. The number of pyridine rings is 1. The minimum atomic E-state index is -3.77. The van der Waals surface area contributed by atoms with Crippen molar-refractivity contribution in [3.8, 4) is 11.5 Å². The Balaban J connectivity index is 1.48. The molecule has 4 aromatic rings. The molecule has 0 saturated heterocycles. The summed E-state index contributed by atoms with van der Waals surface area (Å²) in [5.41, 5.74) is 1.39. The molecule has 156 valence electrons. The van der Waals surface area contributed by atoms with Crippen LogP contribution >= 0.6 is 0 Å². The smallest absolute Gasteiger partial charge is 0.322 e. The molecular weight excluding hydrogens is 418 g/mol. The Bertz CT molecular complexity index is 1290. The number of para-hydroxylation sites is 1. The largest absolute Gasteiger partial charge is 0.403 e. The summed E-state index contributed by atoms with van der Waals surface area (Å²) < 4.78 is 32.3. The van der Waals surface area contributed by atoms with Crippen LogP contribution in [-0.4, -0.2) is 36.6 Å². The monoisotopic (exact) mass is 435 g/mol. The molecule has 0 spiro atoms. The molecule has 9 nitrogen and oxygen atoms in total. The van der Waals surface area contributed by atoms with Crippen LogP contribution in [0.25, 0.3) is 11.5 Å². The summed E-state index contributed by atoms with van der Waals surface area (Å²) in [6.07, 6.45) is 3.18. The molecule has 1 N–H and O–H groups in total. The molecule has 4 rings (SSSR count). The lowest BCUT2D eigenvalue weighted by Gasteiger charge is -2.19. The van der Waals surface area contributed by atoms with Gasteiger partial charge in [-0.3, -0.25) is 19.4 Å². The minimum absolute atomic E-state index is 0.0621. The van der Waals surface area contributed by atoms with Crippen molar-refractivity contribution in [1.82, 2.24) is 15.2 Å². The van der Waals surface area contributed by atoms with E-state index in [1.54, 1.807) is 54.9 Å². The third-order valence-electron chi connectivity index (χ3n) is 4.45. The van der Waals surface area contributed by atoms with E-state index in [9.17, 15) is 13.2 Å². The van der Waals surface area contributed by atoms with Gasteiger partial charge in [0.25, 0.3) is 21.8 Å². The van der Waals surface area contributed by atoms with Gasteiger partial charge in [0.2, 0.25) is 0 Å². The molecule has 10 heteroatoms. The number of carbonyl (C=O) groups is 1. The average molecular weight is 435 g/mol. The predicted octanol–water partition coefficient (Wildman–Crippen LogP) is 3.21. The van der Waals surface area contributed by atoms with Crippen molar-refractivity contribution in [1.29, 1.82) is 0 Å². The van der Waals surface area contributed by atoms with Gasteiger partial charge in [-0.25, -0.2) is 8.42 Å². The van der Waals surface area contributed by atoms with E-state index in [0.717, 1.165) is 0 Å². The summed E-state index contributed by atoms with van der Waals surface area (Å²) in [4.78, 5) is 16.5. The van der Waals surface area contributed by atoms with Crippen molar-refractivity contribution in [2.75, 3.05) is 16.7 Å². The number of amides is 1. The number of carbonyl (C=O) groups excluding carboxylic acids is 1. The van der Waals surface area contributed by atoms with Crippen LogP contribution in [0, 0.1) is 0 Å². The molecule has 1 amide bonds. The van der Waals surface area contributed by atoms with Gasteiger partial charge in [-0.05, 0) is 48.5 Å². The van der Waals surface area contributed by atoms with Gasteiger partial charge in [-0.2, -0.15) is 0 Å². The highest BCUT2D eigenvalue weighted by molar-refractivity contribution is 7.92. The maximum Gasteiger partial charge on any atom is 0.322 e. The maximum absolute atomic E-state index is 12.8. The van der Waals surface area contributed by atoms with E-state index in [1.807, 2.05) is 0 Å². The predicted molar refractivity (Wildman–Crippen MR) is 114 cm³/mol. The Hall–Kier alpha value is -4.05. The first-order valence-electron chi connectivity index (χ1n) is 9.14. The van der Waals surface area contributed by atoms with Gasteiger partial charge >= 0.3 is 6.01 Å². The fraction of sp³-hybridized carbons (Fsp3) is 0.0476. The Labute approximate surface area is 178 Å². The van der Waals surface area contributed by atoms with Crippen molar-refractivity contribution in [3.05, 3.63) is 84.7 Å². The van der Waals surface area contributed by atoms with Crippen LogP contribution in [0.1, 0.15) is 10.4 Å². The number of benzene rings is 2. The van der Waals surface area contributed by atoms with E-state index < -0.39 is 15.9 Å². The lowest BCUT2D eigenvalue weighted by atomic mass is 10.2. The van der Waals surface area contributed by atoms with Crippen LogP contribution in [-0.2, 0) is 10.0 Å². The fourth-order valence-electron chi connectivity index (χ4n) is 2.76. The SMILES string of the molecule is CN(c1ccccc1)S(=O)(=O)c1ccc(C(=O)Nc2nnc(-c3cccnc3)o2)cc1. The molecule has 0 fully saturated rings. The van der Waals surface area contributed by atoms with E-state index >= 15 is 0 Å². The van der Waals surface area contributed by atoms with Gasteiger partial charge in [-0.15, -0.1) is 5.10 Å². The Morgan fingerprint density at radius 2 is 1.71 bits per heavy atom. The summed E-state index contributed by atoms with van der Waals surface area (Å²) >= 11 is 0. The van der Waals surface area contributed by atoms with Crippen molar-refractivity contribution in [2.45, 2.75) is 4.90 Å². The van der Waals surface area contributed by atoms with Crippen molar-refractivity contribution < 1.29 is 17.6 Å². The third-order valence-corrected chi connectivity index (χ3v) is 6.25. The average Bonchev–Trinajstić information content (AvgIpc) is 3.28. The number of nitrogens with one attached hydrogen (secondary N) is 1. The molecule has 0 bridgehead atoms. The number of sulfonamides is 1. The van der Waals surface area contributed by atoms with Crippen LogP contribution in [0.2, 0.25) is 0 Å². The highest BCUT2D eigenvalue weighted by Gasteiger charge is 2.22. The van der Waals surface area contributed by atoms with Crippen LogP contribution in [0.15, 0.2) is 88.4 Å². The highest BCUT2D eigenvalue weighted by atomic mass is 32.2. The summed E-state index contributed by atoms with van der Waals surface area (Å²) in [5, 5.41) is 10.2. The fourth-order valence-corrected chi connectivity index (χ4v) is 3.96. The van der Waals surface area contributed by atoms with Gasteiger partial charge in [-0.1, -0.05) is 23.3 Å². The summed E-state index contributed by atoms with van der Waals surface area (Å²) in [6.45, 7) is 0. The molecular formula is C21H17N5O4S. The molecule has 0 aliphatic carbocycles. The number of nitrogens with zero attached hydrogens (tertiary/aromatic N) is 4. The molecule has 0 saturated carbocycles. The highest BCUT2D eigenvalue weighted by Crippen LogP contribution is 2.22. The van der Waals surface area contributed by atoms with Crippen LogP contribution in [0.5, 0.6) is 0 Å². The summed E-state index contributed by atoms with van der Waals surface area (Å²) in [6, 6.07) is 17.7. The molecule has 2 heterocycles. The van der Waals surface area contributed by atoms with E-state index in [2.05, 4.69) is 20.5 Å². The number of rotatable bonds is 6. The molecule has 0 radical (unpaired) electrons. The Morgan fingerprint density at radius 1 is 0.968 bits per heavy atom. The van der Waals surface area contributed by atoms with Crippen molar-refractivity contribution in [2.24, 2.45) is 0 Å². The third kappa shape index (κ3) is 4.28. The second kappa shape index (κ2) is 8.36. The van der Waals surface area contributed by atoms with Gasteiger partial charge < -0.3 is 4.42 Å². The lowest BCUT2D eigenvalue weighted by molar-refractivity contribution is 0.102. The standard InChI is InChI=1S/C21H17N5O4S/c1-26(17-7-3-2-4-8-17)31(28,29)18-11-9-15(10-12-18)19(27)23-21-25-24-20(30-21)16-6-5-13-22-14-16/h2-14H,1H3,(H,23,25,27). The summed E-state index contributed by atoms with van der Waals surface area (Å²) in [5.74, 6) is -0.296. The van der Waals surface area contributed by atoms with Gasteiger partial charge in [0, 0.05) is 25.0 Å². The van der Waals surface area contributed by atoms with E-state index in [1.165, 1.54) is 35.6 Å². The molecule has 31 heavy (non-hydrogen) atoms. The maximum atomic E-state index is 12.8. The minimum Gasteiger partial charge on any atom is -0.403 e. The molecule has 0 unspecified atom stereocenters. The first-order chi connectivity index (χ1) is 14.9. The first-order valence-corrected chi connectivity index (χ1v) is 10.6. The molecule has 2 aromatic carbocycles. The van der Waals surface area contributed by atoms with Crippen LogP contribution < -0.4 is 9.62 Å². The zero-order valence-corrected chi connectivity index (χ0v) is 17.2. The Kier molecular flexibility index (Phi) is 5.46.